The number of anilines is 1. The SMILES string of the molecule is CNc1nc(C)cc(C(=O)N(CCc2cccc(F)c2)C2CC2)n1. The molecule has 1 aromatic heterocycles. The van der Waals surface area contributed by atoms with E-state index in [9.17, 15) is 9.18 Å². The van der Waals surface area contributed by atoms with Crippen LogP contribution in [0, 0.1) is 12.7 Å². The summed E-state index contributed by atoms with van der Waals surface area (Å²) in [4.78, 5) is 23.2. The minimum atomic E-state index is -0.248. The van der Waals surface area contributed by atoms with Crippen molar-refractivity contribution in [3.05, 3.63) is 53.1 Å². The summed E-state index contributed by atoms with van der Waals surface area (Å²) in [5, 5.41) is 2.88. The average Bonchev–Trinajstić information content (AvgIpc) is 3.39. The topological polar surface area (TPSA) is 58.1 Å². The van der Waals surface area contributed by atoms with Crippen LogP contribution in [0.2, 0.25) is 0 Å². The third-order valence-electron chi connectivity index (χ3n) is 4.08. The lowest BCUT2D eigenvalue weighted by Crippen LogP contribution is -2.35. The first-order valence-corrected chi connectivity index (χ1v) is 8.15. The van der Waals surface area contributed by atoms with Gasteiger partial charge in [0.05, 0.1) is 0 Å². The molecule has 1 fully saturated rings. The molecule has 0 spiro atoms. The van der Waals surface area contributed by atoms with Gasteiger partial charge in [0.1, 0.15) is 11.5 Å². The molecular formula is C18H21FN4O. The lowest BCUT2D eigenvalue weighted by atomic mass is 10.1. The number of aromatic nitrogens is 2. The van der Waals surface area contributed by atoms with Crippen molar-refractivity contribution in [2.75, 3.05) is 18.9 Å². The van der Waals surface area contributed by atoms with E-state index in [4.69, 9.17) is 0 Å². The van der Waals surface area contributed by atoms with Gasteiger partial charge in [0.25, 0.3) is 5.91 Å². The van der Waals surface area contributed by atoms with Crippen LogP contribution in [0.3, 0.4) is 0 Å². The van der Waals surface area contributed by atoms with E-state index in [-0.39, 0.29) is 17.8 Å². The molecule has 1 aliphatic rings. The van der Waals surface area contributed by atoms with E-state index in [1.165, 1.54) is 12.1 Å². The van der Waals surface area contributed by atoms with Crippen molar-refractivity contribution in [2.45, 2.75) is 32.2 Å². The Balaban J connectivity index is 1.75. The molecular weight excluding hydrogens is 307 g/mol. The standard InChI is InChI=1S/C18H21FN4O/c1-12-10-16(22-18(20-2)21-12)17(24)23(15-6-7-15)9-8-13-4-3-5-14(19)11-13/h3-5,10-11,15H,6-9H2,1-2H3,(H,20,21,22). The molecule has 1 amide bonds. The van der Waals surface area contributed by atoms with Gasteiger partial charge in [0.2, 0.25) is 5.95 Å². The molecule has 0 radical (unpaired) electrons. The third-order valence-corrected chi connectivity index (χ3v) is 4.08. The van der Waals surface area contributed by atoms with Crippen molar-refractivity contribution in [3.8, 4) is 0 Å². The van der Waals surface area contributed by atoms with Gasteiger partial charge < -0.3 is 10.2 Å². The third kappa shape index (κ3) is 3.88. The first kappa shape index (κ1) is 16.4. The molecule has 3 rings (SSSR count). The smallest absolute Gasteiger partial charge is 0.272 e. The maximum Gasteiger partial charge on any atom is 0.272 e. The van der Waals surface area contributed by atoms with E-state index in [2.05, 4.69) is 15.3 Å². The Labute approximate surface area is 140 Å². The highest BCUT2D eigenvalue weighted by atomic mass is 19.1. The Morgan fingerprint density at radius 2 is 2.12 bits per heavy atom. The molecule has 0 aliphatic heterocycles. The van der Waals surface area contributed by atoms with Crippen molar-refractivity contribution in [1.29, 1.82) is 0 Å². The zero-order valence-electron chi connectivity index (χ0n) is 13.9. The predicted molar refractivity (Wildman–Crippen MR) is 90.5 cm³/mol. The summed E-state index contributed by atoms with van der Waals surface area (Å²) < 4.78 is 13.3. The molecule has 5 nitrogen and oxygen atoms in total. The summed E-state index contributed by atoms with van der Waals surface area (Å²) in [6.07, 6.45) is 2.65. The molecule has 24 heavy (non-hydrogen) atoms. The number of amides is 1. The number of aryl methyl sites for hydroxylation is 1. The number of halogens is 1. The summed E-state index contributed by atoms with van der Waals surface area (Å²) in [6.45, 7) is 2.40. The Morgan fingerprint density at radius 3 is 2.79 bits per heavy atom. The van der Waals surface area contributed by atoms with E-state index in [0.717, 1.165) is 24.1 Å². The van der Waals surface area contributed by atoms with Crippen LogP contribution in [0.15, 0.2) is 30.3 Å². The molecule has 0 bridgehead atoms. The molecule has 2 aromatic rings. The molecule has 126 valence electrons. The lowest BCUT2D eigenvalue weighted by molar-refractivity contribution is 0.0739. The van der Waals surface area contributed by atoms with Crippen LogP contribution in [-0.4, -0.2) is 40.4 Å². The quantitative estimate of drug-likeness (QED) is 0.886. The Hall–Kier alpha value is -2.50. The molecule has 1 aliphatic carbocycles. The first-order chi connectivity index (χ1) is 11.6. The van der Waals surface area contributed by atoms with Gasteiger partial charge in [-0.3, -0.25) is 4.79 Å². The Bertz CT molecular complexity index is 746. The fourth-order valence-electron chi connectivity index (χ4n) is 2.72. The molecule has 0 atom stereocenters. The summed E-state index contributed by atoms with van der Waals surface area (Å²) in [5.74, 6) is 0.108. The normalized spacial score (nSPS) is 13.6. The van der Waals surface area contributed by atoms with Crippen LogP contribution in [0.1, 0.15) is 34.6 Å². The van der Waals surface area contributed by atoms with Gasteiger partial charge in [-0.1, -0.05) is 12.1 Å². The predicted octanol–water partition coefficient (Wildman–Crippen LogP) is 2.81. The number of rotatable bonds is 6. The van der Waals surface area contributed by atoms with Crippen LogP contribution in [0.4, 0.5) is 10.3 Å². The van der Waals surface area contributed by atoms with Crippen molar-refractivity contribution < 1.29 is 9.18 Å². The Kier molecular flexibility index (Phi) is 4.74. The van der Waals surface area contributed by atoms with Crippen LogP contribution in [0.5, 0.6) is 0 Å². The molecule has 0 unspecified atom stereocenters. The number of carbonyl (C=O) groups excluding carboxylic acids is 1. The van der Waals surface area contributed by atoms with Crippen LogP contribution >= 0.6 is 0 Å². The number of benzene rings is 1. The largest absolute Gasteiger partial charge is 0.357 e. The van der Waals surface area contributed by atoms with Gasteiger partial charge in [0.15, 0.2) is 0 Å². The molecule has 6 heteroatoms. The second kappa shape index (κ2) is 6.95. The van der Waals surface area contributed by atoms with E-state index >= 15 is 0 Å². The molecule has 1 saturated carbocycles. The highest BCUT2D eigenvalue weighted by molar-refractivity contribution is 5.93. The molecule has 1 N–H and O–H groups in total. The van der Waals surface area contributed by atoms with E-state index in [1.54, 1.807) is 19.2 Å². The second-order valence-electron chi connectivity index (χ2n) is 6.08. The van der Waals surface area contributed by atoms with E-state index < -0.39 is 0 Å². The van der Waals surface area contributed by atoms with Gasteiger partial charge in [-0.05, 0) is 49.9 Å². The van der Waals surface area contributed by atoms with Crippen LogP contribution in [-0.2, 0) is 6.42 Å². The van der Waals surface area contributed by atoms with Gasteiger partial charge in [-0.25, -0.2) is 14.4 Å². The summed E-state index contributed by atoms with van der Waals surface area (Å²) in [5.41, 5.74) is 2.04. The van der Waals surface area contributed by atoms with Gasteiger partial charge in [-0.15, -0.1) is 0 Å². The summed E-state index contributed by atoms with van der Waals surface area (Å²) in [7, 11) is 1.73. The van der Waals surface area contributed by atoms with Crippen LogP contribution in [0.25, 0.3) is 0 Å². The maximum atomic E-state index is 13.3. The molecule has 0 saturated heterocycles. The minimum absolute atomic E-state index is 0.0871. The number of hydrogen-bond donors (Lipinski definition) is 1. The number of nitrogens with one attached hydrogen (secondary N) is 1. The summed E-state index contributed by atoms with van der Waals surface area (Å²) in [6, 6.07) is 8.49. The Morgan fingerprint density at radius 1 is 1.33 bits per heavy atom. The van der Waals surface area contributed by atoms with E-state index in [1.807, 2.05) is 17.9 Å². The zero-order chi connectivity index (χ0) is 17.1. The first-order valence-electron chi connectivity index (χ1n) is 8.15. The van der Waals surface area contributed by atoms with Crippen molar-refractivity contribution in [3.63, 3.8) is 0 Å². The van der Waals surface area contributed by atoms with Crippen LogP contribution < -0.4 is 5.32 Å². The van der Waals surface area contributed by atoms with Crippen molar-refractivity contribution in [2.24, 2.45) is 0 Å². The zero-order valence-corrected chi connectivity index (χ0v) is 13.9. The monoisotopic (exact) mass is 328 g/mol. The number of hydrogen-bond acceptors (Lipinski definition) is 4. The van der Waals surface area contributed by atoms with E-state index in [0.29, 0.717) is 24.6 Å². The van der Waals surface area contributed by atoms with Gasteiger partial charge in [-0.2, -0.15) is 0 Å². The fraction of sp³-hybridized carbons (Fsp3) is 0.389. The highest BCUT2D eigenvalue weighted by Crippen LogP contribution is 2.28. The van der Waals surface area contributed by atoms with Crippen molar-refractivity contribution >= 4 is 11.9 Å². The molecule has 1 aromatic carbocycles. The second-order valence-corrected chi connectivity index (χ2v) is 6.08. The highest BCUT2D eigenvalue weighted by Gasteiger charge is 2.33. The van der Waals surface area contributed by atoms with Gasteiger partial charge >= 0.3 is 0 Å². The van der Waals surface area contributed by atoms with Crippen molar-refractivity contribution in [1.82, 2.24) is 14.9 Å². The fourth-order valence-corrected chi connectivity index (χ4v) is 2.72. The number of carbonyl (C=O) groups is 1. The minimum Gasteiger partial charge on any atom is -0.357 e. The lowest BCUT2D eigenvalue weighted by Gasteiger charge is -2.22. The summed E-state index contributed by atoms with van der Waals surface area (Å²) >= 11 is 0. The average molecular weight is 328 g/mol. The van der Waals surface area contributed by atoms with Gasteiger partial charge in [0, 0.05) is 25.3 Å². The maximum absolute atomic E-state index is 13.3. The molecule has 1 heterocycles. The number of nitrogens with zero attached hydrogens (tertiary/aromatic N) is 3.